The zero-order valence-electron chi connectivity index (χ0n) is 14.1. The first-order chi connectivity index (χ1) is 12.3. The second-order valence-electron chi connectivity index (χ2n) is 6.22. The number of benzene rings is 1. The Morgan fingerprint density at radius 3 is 2.50 bits per heavy atom. The molecule has 0 bridgehead atoms. The lowest BCUT2D eigenvalue weighted by molar-refractivity contribution is -0.140. The molecule has 0 spiro atoms. The molecule has 1 aliphatic carbocycles. The number of hydrogen-bond donors (Lipinski definition) is 4. The van der Waals surface area contributed by atoms with Gasteiger partial charge in [-0.05, 0) is 42.5 Å². The van der Waals surface area contributed by atoms with E-state index in [2.05, 4.69) is 4.72 Å². The number of amides is 1. The molecule has 0 aromatic heterocycles. The highest BCUT2D eigenvalue weighted by atomic mass is 32.2. The van der Waals surface area contributed by atoms with E-state index in [-0.39, 0.29) is 10.8 Å². The molecule has 1 saturated carbocycles. The predicted molar refractivity (Wildman–Crippen MR) is 93.7 cm³/mol. The quantitative estimate of drug-likeness (QED) is 0.321. The normalized spacial score (nSPS) is 17.1. The van der Waals surface area contributed by atoms with Gasteiger partial charge in [-0.2, -0.15) is 4.72 Å². The van der Waals surface area contributed by atoms with Crippen LogP contribution < -0.4 is 10.2 Å². The fraction of sp³-hybridized carbons (Fsp3) is 0.412. The van der Waals surface area contributed by atoms with Gasteiger partial charge in [0.15, 0.2) is 0 Å². The van der Waals surface area contributed by atoms with Crippen LogP contribution in [0.15, 0.2) is 35.2 Å². The zero-order chi connectivity index (χ0) is 19.2. The summed E-state index contributed by atoms with van der Waals surface area (Å²) in [6, 6.07) is 4.58. The van der Waals surface area contributed by atoms with Crippen molar-refractivity contribution in [2.24, 2.45) is 5.92 Å². The third-order valence-electron chi connectivity index (χ3n) is 4.38. The van der Waals surface area contributed by atoms with E-state index in [4.69, 9.17) is 5.21 Å². The molecule has 0 saturated heterocycles. The summed E-state index contributed by atoms with van der Waals surface area (Å²) in [5.41, 5.74) is 1.85. The van der Waals surface area contributed by atoms with E-state index in [1.54, 1.807) is 6.07 Å². The molecule has 0 heterocycles. The Morgan fingerprint density at radius 2 is 1.88 bits per heavy atom. The van der Waals surface area contributed by atoms with Gasteiger partial charge in [-0.15, -0.1) is 0 Å². The van der Waals surface area contributed by atoms with Crippen LogP contribution in [-0.2, 0) is 19.6 Å². The average molecular weight is 382 g/mol. The molecule has 142 valence electrons. The minimum Gasteiger partial charge on any atom is -0.480 e. The van der Waals surface area contributed by atoms with E-state index >= 15 is 0 Å². The van der Waals surface area contributed by atoms with Crippen LogP contribution >= 0.6 is 0 Å². The summed E-state index contributed by atoms with van der Waals surface area (Å²) in [7, 11) is -4.04. The number of hydroxylamine groups is 1. The molecular formula is C17H22N2O6S. The van der Waals surface area contributed by atoms with Gasteiger partial charge in [0.05, 0.1) is 4.90 Å². The van der Waals surface area contributed by atoms with Crippen molar-refractivity contribution in [2.75, 3.05) is 0 Å². The van der Waals surface area contributed by atoms with Crippen molar-refractivity contribution < 1.29 is 28.3 Å². The molecule has 0 aliphatic heterocycles. The molecule has 9 heteroatoms. The van der Waals surface area contributed by atoms with Gasteiger partial charge >= 0.3 is 5.97 Å². The topological polar surface area (TPSA) is 133 Å². The van der Waals surface area contributed by atoms with Crippen molar-refractivity contribution in [3.05, 3.63) is 35.9 Å². The largest absolute Gasteiger partial charge is 0.480 e. The van der Waals surface area contributed by atoms with E-state index in [0.29, 0.717) is 18.4 Å². The maximum Gasteiger partial charge on any atom is 0.322 e. The fourth-order valence-corrected chi connectivity index (χ4v) is 4.36. The number of sulfonamides is 1. The lowest BCUT2D eigenvalue weighted by Gasteiger charge is -2.27. The third kappa shape index (κ3) is 5.38. The van der Waals surface area contributed by atoms with E-state index in [1.165, 1.54) is 29.8 Å². The number of carbonyl (C=O) groups is 2. The predicted octanol–water partition coefficient (Wildman–Crippen LogP) is 1.52. The van der Waals surface area contributed by atoms with Gasteiger partial charge in [-0.3, -0.25) is 14.8 Å². The van der Waals surface area contributed by atoms with Crippen molar-refractivity contribution in [2.45, 2.75) is 43.0 Å². The van der Waals surface area contributed by atoms with Gasteiger partial charge in [0.25, 0.3) is 5.91 Å². The van der Waals surface area contributed by atoms with Crippen LogP contribution in [0, 0.1) is 5.92 Å². The highest BCUT2D eigenvalue weighted by Gasteiger charge is 2.33. The first-order valence-electron chi connectivity index (χ1n) is 8.31. The molecule has 2 rings (SSSR count). The summed E-state index contributed by atoms with van der Waals surface area (Å²) in [6.07, 6.45) is 6.55. The second kappa shape index (κ2) is 8.93. The molecule has 8 nitrogen and oxygen atoms in total. The van der Waals surface area contributed by atoms with Gasteiger partial charge < -0.3 is 5.11 Å². The highest BCUT2D eigenvalue weighted by Crippen LogP contribution is 2.27. The minimum atomic E-state index is -4.04. The smallest absolute Gasteiger partial charge is 0.322 e. The summed E-state index contributed by atoms with van der Waals surface area (Å²) in [6.45, 7) is 0. The molecule has 1 atom stereocenters. The number of hydrogen-bond acceptors (Lipinski definition) is 5. The highest BCUT2D eigenvalue weighted by molar-refractivity contribution is 7.89. The van der Waals surface area contributed by atoms with E-state index < -0.39 is 27.9 Å². The fourth-order valence-electron chi connectivity index (χ4n) is 3.05. The molecule has 0 radical (unpaired) electrons. The van der Waals surface area contributed by atoms with Crippen molar-refractivity contribution in [3.63, 3.8) is 0 Å². The van der Waals surface area contributed by atoms with Gasteiger partial charge in [0.1, 0.15) is 6.04 Å². The Labute approximate surface area is 151 Å². The summed E-state index contributed by atoms with van der Waals surface area (Å²) >= 11 is 0. The second-order valence-corrected chi connectivity index (χ2v) is 7.93. The van der Waals surface area contributed by atoms with Gasteiger partial charge in [-0.25, -0.2) is 13.9 Å². The van der Waals surface area contributed by atoms with Crippen LogP contribution in [0.4, 0.5) is 0 Å². The number of rotatable bonds is 7. The van der Waals surface area contributed by atoms with Gasteiger partial charge in [-0.1, -0.05) is 31.4 Å². The van der Waals surface area contributed by atoms with Crippen molar-refractivity contribution in [1.29, 1.82) is 0 Å². The standard InChI is InChI=1S/C17H22N2O6S/c20-15(18-23)10-9-12-5-4-8-14(11-12)26(24,25)19-16(17(21)22)13-6-2-1-3-7-13/h4-5,8-11,13,16,19,23H,1-3,6-7H2,(H,18,20)(H,21,22)/b10-9+/t16-/m0/s1. The molecule has 1 aromatic carbocycles. The van der Waals surface area contributed by atoms with Crippen LogP contribution in [0.2, 0.25) is 0 Å². The average Bonchev–Trinajstić information content (AvgIpc) is 2.65. The number of nitrogens with one attached hydrogen (secondary N) is 2. The summed E-state index contributed by atoms with van der Waals surface area (Å²) in [5, 5.41) is 17.9. The van der Waals surface area contributed by atoms with Crippen molar-refractivity contribution in [3.8, 4) is 0 Å². The Balaban J connectivity index is 2.21. The zero-order valence-corrected chi connectivity index (χ0v) is 14.9. The number of carboxylic acid groups (broad SMARTS) is 1. The molecule has 1 amide bonds. The summed E-state index contributed by atoms with van der Waals surface area (Å²) in [5.74, 6) is -2.16. The summed E-state index contributed by atoms with van der Waals surface area (Å²) in [4.78, 5) is 22.5. The van der Waals surface area contributed by atoms with Gasteiger partial charge in [0.2, 0.25) is 10.0 Å². The Bertz CT molecular complexity index is 784. The molecule has 26 heavy (non-hydrogen) atoms. The molecule has 0 unspecified atom stereocenters. The van der Waals surface area contributed by atoms with Crippen molar-refractivity contribution in [1.82, 2.24) is 10.2 Å². The first kappa shape index (κ1) is 20.1. The van der Waals surface area contributed by atoms with E-state index in [1.807, 2.05) is 0 Å². The van der Waals surface area contributed by atoms with Crippen LogP contribution in [0.25, 0.3) is 6.08 Å². The molecule has 1 fully saturated rings. The Kier molecular flexibility index (Phi) is 6.90. The lowest BCUT2D eigenvalue weighted by Crippen LogP contribution is -2.46. The maximum atomic E-state index is 12.6. The van der Waals surface area contributed by atoms with Crippen LogP contribution in [0.5, 0.6) is 0 Å². The molecule has 1 aliphatic rings. The molecular weight excluding hydrogens is 360 g/mol. The van der Waals surface area contributed by atoms with Gasteiger partial charge in [0, 0.05) is 6.08 Å². The van der Waals surface area contributed by atoms with E-state index in [0.717, 1.165) is 25.3 Å². The third-order valence-corrected chi connectivity index (χ3v) is 5.81. The SMILES string of the molecule is O=C(/C=C/c1cccc(S(=O)(=O)N[C@H](C(=O)O)C2CCCCC2)c1)NO. The number of carbonyl (C=O) groups excluding carboxylic acids is 1. The van der Waals surface area contributed by atoms with Crippen LogP contribution in [-0.4, -0.2) is 36.6 Å². The monoisotopic (exact) mass is 382 g/mol. The summed E-state index contributed by atoms with van der Waals surface area (Å²) < 4.78 is 27.5. The Hall–Kier alpha value is -2.23. The Morgan fingerprint density at radius 1 is 1.19 bits per heavy atom. The number of carboxylic acids is 1. The van der Waals surface area contributed by atoms with Crippen LogP contribution in [0.3, 0.4) is 0 Å². The van der Waals surface area contributed by atoms with Crippen molar-refractivity contribution >= 4 is 28.0 Å². The molecule has 1 aromatic rings. The number of aliphatic carboxylic acids is 1. The van der Waals surface area contributed by atoms with Crippen LogP contribution in [0.1, 0.15) is 37.7 Å². The van der Waals surface area contributed by atoms with E-state index in [9.17, 15) is 23.1 Å². The lowest BCUT2D eigenvalue weighted by atomic mass is 9.84. The minimum absolute atomic E-state index is 0.0916. The maximum absolute atomic E-state index is 12.6. The molecule has 4 N–H and O–H groups in total. The first-order valence-corrected chi connectivity index (χ1v) is 9.79.